The maximum absolute atomic E-state index is 5.62. The predicted molar refractivity (Wildman–Crippen MR) is 89.7 cm³/mol. The van der Waals surface area contributed by atoms with Gasteiger partial charge in [-0.2, -0.15) is 0 Å². The zero-order valence-corrected chi connectivity index (χ0v) is 13.7. The second-order valence-electron chi connectivity index (χ2n) is 4.81. The highest BCUT2D eigenvalue weighted by Crippen LogP contribution is 2.29. The molecule has 5 heteroatoms. The van der Waals surface area contributed by atoms with Crippen LogP contribution in [0.25, 0.3) is 0 Å². The lowest BCUT2D eigenvalue weighted by Gasteiger charge is -2.11. The lowest BCUT2D eigenvalue weighted by Crippen LogP contribution is -2.19. The molecule has 1 unspecified atom stereocenters. The predicted octanol–water partition coefficient (Wildman–Crippen LogP) is 4.35. The van der Waals surface area contributed by atoms with Crippen molar-refractivity contribution in [1.29, 1.82) is 0 Å². The molecule has 21 heavy (non-hydrogen) atoms. The summed E-state index contributed by atoms with van der Waals surface area (Å²) in [5.41, 5.74) is 2.03. The number of nitrogens with one attached hydrogen (secondary N) is 2. The standard InChI is InChI=1S/C16H23N3OS/c1-4-10-17-12(3)14-11-21-16(19-14)18-13-8-6-7-9-15(13)20-5-2/h6-9,11-12,17H,4-5,10H2,1-3H3,(H,18,19). The van der Waals surface area contributed by atoms with Gasteiger partial charge in [-0.25, -0.2) is 4.98 Å². The SMILES string of the molecule is CCCNC(C)c1csc(Nc2ccccc2OCC)n1. The Hall–Kier alpha value is -1.59. The summed E-state index contributed by atoms with van der Waals surface area (Å²) < 4.78 is 5.62. The Morgan fingerprint density at radius 3 is 2.86 bits per heavy atom. The zero-order valence-electron chi connectivity index (χ0n) is 12.8. The van der Waals surface area contributed by atoms with Crippen molar-refractivity contribution in [3.8, 4) is 5.75 Å². The first-order valence-corrected chi connectivity index (χ1v) is 8.30. The van der Waals surface area contributed by atoms with Crippen LogP contribution in [0.2, 0.25) is 0 Å². The number of para-hydroxylation sites is 2. The summed E-state index contributed by atoms with van der Waals surface area (Å²) in [6, 6.07) is 8.21. The van der Waals surface area contributed by atoms with Gasteiger partial charge in [-0.3, -0.25) is 0 Å². The zero-order chi connectivity index (χ0) is 15.1. The number of benzene rings is 1. The minimum absolute atomic E-state index is 0.277. The molecule has 4 nitrogen and oxygen atoms in total. The minimum atomic E-state index is 0.277. The molecule has 2 N–H and O–H groups in total. The molecule has 0 saturated carbocycles. The lowest BCUT2D eigenvalue weighted by molar-refractivity contribution is 0.342. The molecule has 0 radical (unpaired) electrons. The van der Waals surface area contributed by atoms with Crippen LogP contribution in [0.15, 0.2) is 29.6 Å². The maximum atomic E-state index is 5.62. The Balaban J connectivity index is 2.05. The summed E-state index contributed by atoms with van der Waals surface area (Å²) in [7, 11) is 0. The third-order valence-corrected chi connectivity index (χ3v) is 3.87. The number of nitrogens with zero attached hydrogens (tertiary/aromatic N) is 1. The van der Waals surface area contributed by atoms with Gasteiger partial charge in [-0.05, 0) is 38.9 Å². The van der Waals surface area contributed by atoms with Gasteiger partial charge in [0, 0.05) is 11.4 Å². The van der Waals surface area contributed by atoms with E-state index in [0.717, 1.165) is 35.2 Å². The van der Waals surface area contributed by atoms with Crippen LogP contribution in [0.1, 0.15) is 38.9 Å². The Bertz CT molecular complexity index is 556. The highest BCUT2D eigenvalue weighted by molar-refractivity contribution is 7.13. The number of hydrogen-bond donors (Lipinski definition) is 2. The molecule has 0 aliphatic carbocycles. The number of aromatic nitrogens is 1. The van der Waals surface area contributed by atoms with Crippen molar-refractivity contribution < 1.29 is 4.74 Å². The van der Waals surface area contributed by atoms with Gasteiger partial charge in [0.2, 0.25) is 0 Å². The molecule has 0 bridgehead atoms. The quantitative estimate of drug-likeness (QED) is 0.761. The molecule has 1 aromatic heterocycles. The van der Waals surface area contributed by atoms with Gasteiger partial charge in [-0.1, -0.05) is 19.1 Å². The Morgan fingerprint density at radius 2 is 2.10 bits per heavy atom. The van der Waals surface area contributed by atoms with Crippen molar-refractivity contribution in [3.63, 3.8) is 0 Å². The molecule has 0 spiro atoms. The van der Waals surface area contributed by atoms with Crippen molar-refractivity contribution in [3.05, 3.63) is 35.3 Å². The van der Waals surface area contributed by atoms with Crippen LogP contribution in [0.5, 0.6) is 5.75 Å². The van der Waals surface area contributed by atoms with E-state index in [1.54, 1.807) is 11.3 Å². The molecule has 1 heterocycles. The normalized spacial score (nSPS) is 12.1. The van der Waals surface area contributed by atoms with Crippen LogP contribution in [0.3, 0.4) is 0 Å². The van der Waals surface area contributed by atoms with Crippen molar-refractivity contribution in [1.82, 2.24) is 10.3 Å². The van der Waals surface area contributed by atoms with Crippen molar-refractivity contribution in [2.24, 2.45) is 0 Å². The van der Waals surface area contributed by atoms with E-state index < -0.39 is 0 Å². The highest BCUT2D eigenvalue weighted by atomic mass is 32.1. The van der Waals surface area contributed by atoms with Gasteiger partial charge in [0.25, 0.3) is 0 Å². The summed E-state index contributed by atoms with van der Waals surface area (Å²) in [5, 5.41) is 9.78. The first kappa shape index (κ1) is 15.8. The average Bonchev–Trinajstić information content (AvgIpc) is 2.96. The van der Waals surface area contributed by atoms with Gasteiger partial charge in [-0.15, -0.1) is 11.3 Å². The molecule has 0 saturated heterocycles. The third kappa shape index (κ3) is 4.44. The van der Waals surface area contributed by atoms with Crippen LogP contribution in [0, 0.1) is 0 Å². The number of ether oxygens (including phenoxy) is 1. The average molecular weight is 305 g/mol. The van der Waals surface area contributed by atoms with E-state index in [0.29, 0.717) is 6.61 Å². The first-order valence-electron chi connectivity index (χ1n) is 7.42. The van der Waals surface area contributed by atoms with Gasteiger partial charge in [0.15, 0.2) is 5.13 Å². The largest absolute Gasteiger partial charge is 0.492 e. The van der Waals surface area contributed by atoms with Crippen molar-refractivity contribution in [2.75, 3.05) is 18.5 Å². The van der Waals surface area contributed by atoms with Gasteiger partial charge < -0.3 is 15.4 Å². The Kier molecular flexibility index (Phi) is 6.02. The van der Waals surface area contributed by atoms with Crippen molar-refractivity contribution >= 4 is 22.2 Å². The maximum Gasteiger partial charge on any atom is 0.187 e. The molecule has 1 aromatic carbocycles. The van der Waals surface area contributed by atoms with Crippen LogP contribution in [0.4, 0.5) is 10.8 Å². The van der Waals surface area contributed by atoms with Crippen LogP contribution >= 0.6 is 11.3 Å². The first-order chi connectivity index (χ1) is 10.2. The van der Waals surface area contributed by atoms with Crippen LogP contribution < -0.4 is 15.4 Å². The van der Waals surface area contributed by atoms with E-state index in [4.69, 9.17) is 4.74 Å². The fourth-order valence-electron chi connectivity index (χ4n) is 1.97. The molecule has 114 valence electrons. The second kappa shape index (κ2) is 8.00. The lowest BCUT2D eigenvalue weighted by atomic mass is 10.2. The summed E-state index contributed by atoms with van der Waals surface area (Å²) in [6.07, 6.45) is 1.13. The summed E-state index contributed by atoms with van der Waals surface area (Å²) >= 11 is 1.62. The molecule has 0 fully saturated rings. The molecule has 0 aliphatic rings. The molecule has 2 rings (SSSR count). The number of thiazole rings is 1. The van der Waals surface area contributed by atoms with E-state index in [1.807, 2.05) is 31.2 Å². The smallest absolute Gasteiger partial charge is 0.187 e. The summed E-state index contributed by atoms with van der Waals surface area (Å²) in [6.45, 7) is 7.95. The van der Waals surface area contributed by atoms with Crippen molar-refractivity contribution in [2.45, 2.75) is 33.2 Å². The summed E-state index contributed by atoms with van der Waals surface area (Å²) in [4.78, 5) is 4.65. The molecule has 0 aliphatic heterocycles. The fraction of sp³-hybridized carbons (Fsp3) is 0.438. The number of anilines is 2. The van der Waals surface area contributed by atoms with Gasteiger partial charge in [0.1, 0.15) is 5.75 Å². The minimum Gasteiger partial charge on any atom is -0.492 e. The van der Waals surface area contributed by atoms with E-state index in [-0.39, 0.29) is 6.04 Å². The molecule has 0 amide bonds. The Labute approximate surface area is 130 Å². The number of hydrogen-bond acceptors (Lipinski definition) is 5. The van der Waals surface area contributed by atoms with Crippen LogP contribution in [-0.4, -0.2) is 18.1 Å². The molecule has 2 aromatic rings. The van der Waals surface area contributed by atoms with E-state index in [1.165, 1.54) is 0 Å². The molecule has 1 atom stereocenters. The van der Waals surface area contributed by atoms with E-state index in [2.05, 4.69) is 34.8 Å². The van der Waals surface area contributed by atoms with Gasteiger partial charge >= 0.3 is 0 Å². The third-order valence-electron chi connectivity index (χ3n) is 3.09. The second-order valence-corrected chi connectivity index (χ2v) is 5.67. The Morgan fingerprint density at radius 1 is 1.29 bits per heavy atom. The van der Waals surface area contributed by atoms with E-state index in [9.17, 15) is 0 Å². The highest BCUT2D eigenvalue weighted by Gasteiger charge is 2.10. The van der Waals surface area contributed by atoms with Crippen LogP contribution in [-0.2, 0) is 0 Å². The number of rotatable bonds is 8. The van der Waals surface area contributed by atoms with Gasteiger partial charge in [0.05, 0.1) is 18.0 Å². The monoisotopic (exact) mass is 305 g/mol. The fourth-order valence-corrected chi connectivity index (χ4v) is 2.79. The molecular formula is C16H23N3OS. The van der Waals surface area contributed by atoms with E-state index >= 15 is 0 Å². The molecular weight excluding hydrogens is 282 g/mol. The summed E-state index contributed by atoms with van der Waals surface area (Å²) in [5.74, 6) is 0.855. The topological polar surface area (TPSA) is 46.2 Å².